The molecule has 1 amide bonds. The Balaban J connectivity index is 0.00000376. The van der Waals surface area contributed by atoms with Gasteiger partial charge in [-0.2, -0.15) is 13.2 Å². The van der Waals surface area contributed by atoms with E-state index in [4.69, 9.17) is 16.7 Å². The second kappa shape index (κ2) is 24.1. The van der Waals surface area contributed by atoms with Crippen molar-refractivity contribution in [3.05, 3.63) is 119 Å². The van der Waals surface area contributed by atoms with Crippen molar-refractivity contribution in [1.82, 2.24) is 14.5 Å². The number of carboxylic acid groups (broad SMARTS) is 1. The van der Waals surface area contributed by atoms with Crippen molar-refractivity contribution in [1.29, 1.82) is 0 Å². The van der Waals surface area contributed by atoms with Crippen LogP contribution in [0, 0.1) is 11.3 Å². The zero-order valence-electron chi connectivity index (χ0n) is 38.6. The van der Waals surface area contributed by atoms with Crippen molar-refractivity contribution in [2.45, 2.75) is 78.6 Å². The Bertz CT molecular complexity index is 2450. The molecule has 0 bridgehead atoms. The number of rotatable bonds is 17. The fourth-order valence-electron chi connectivity index (χ4n) is 8.89. The van der Waals surface area contributed by atoms with Crippen LogP contribution in [-0.4, -0.2) is 117 Å². The largest absolute Gasteiger partial charge is 0.501 e. The monoisotopic (exact) mass is 1020 g/mol. The van der Waals surface area contributed by atoms with Crippen molar-refractivity contribution in [3.8, 4) is 0 Å². The first-order chi connectivity index (χ1) is 32.4. The number of carbonyl (C=O) groups excluding carboxylic acids is 1. The molecule has 0 spiro atoms. The Labute approximate surface area is 411 Å². The van der Waals surface area contributed by atoms with Crippen LogP contribution >= 0.6 is 35.3 Å². The minimum absolute atomic E-state index is 0.107. The van der Waals surface area contributed by atoms with Gasteiger partial charge in [-0.3, -0.25) is 19.2 Å². The van der Waals surface area contributed by atoms with Gasteiger partial charge in [0.15, 0.2) is 0 Å². The van der Waals surface area contributed by atoms with Crippen LogP contribution in [0.2, 0.25) is 5.02 Å². The molecule has 2 heterocycles. The number of likely N-dealkylation sites (tertiary alicyclic amines) is 1. The normalized spacial score (nSPS) is 17.8. The van der Waals surface area contributed by atoms with Crippen LogP contribution in [0.25, 0.3) is 5.57 Å². The minimum atomic E-state index is -5.80. The molecular formula is C50H61ClF3N5O6S3. The zero-order chi connectivity index (χ0) is 49.1. The van der Waals surface area contributed by atoms with Gasteiger partial charge < -0.3 is 25.3 Å². The first-order valence-electron chi connectivity index (χ1n) is 22.8. The van der Waals surface area contributed by atoms with E-state index in [9.17, 15) is 36.3 Å². The summed E-state index contributed by atoms with van der Waals surface area (Å²) < 4.78 is 71.4. The number of thioether (sulfide) groups is 1. The first kappa shape index (κ1) is 53.1. The molecule has 4 N–H and O–H groups in total. The molecule has 368 valence electrons. The number of allylic oxidation sites excluding steroid dienone is 1. The molecule has 7 rings (SSSR count). The molecule has 11 nitrogen and oxygen atoms in total. The number of hydrogen-bond donors (Lipinski definition) is 4. The third-order valence-electron chi connectivity index (χ3n) is 12.7. The Morgan fingerprint density at radius 1 is 0.868 bits per heavy atom. The van der Waals surface area contributed by atoms with E-state index >= 15 is 0 Å². The van der Waals surface area contributed by atoms with Gasteiger partial charge in [-0.1, -0.05) is 61.4 Å². The summed E-state index contributed by atoms with van der Waals surface area (Å²) in [4.78, 5) is 31.8. The second-order valence-electron chi connectivity index (χ2n) is 18.1. The highest BCUT2D eigenvalue weighted by atomic mass is 35.5. The third kappa shape index (κ3) is 14.4. The second-order valence-corrected chi connectivity index (χ2v) is 22.4. The SMILES string of the molecule is CC1(C)CCC(c2ccc(Cl)cc2)=C(CN2CCN(c3ccc(C(=O)NSc4ccc(N[C@H](CCN5CCC(C(=O)O)CC5)CSc5ccccc5)c(S(=O)(=O)C(F)(F)F)c4)cc3)CC2)C1.CO. The van der Waals surface area contributed by atoms with Gasteiger partial charge in [0, 0.05) is 84.2 Å². The number of carbonyl (C=O) groups is 2. The highest BCUT2D eigenvalue weighted by molar-refractivity contribution is 7.99. The molecule has 4 aromatic carbocycles. The van der Waals surface area contributed by atoms with Gasteiger partial charge >= 0.3 is 11.5 Å². The lowest BCUT2D eigenvalue weighted by Gasteiger charge is -2.39. The molecule has 2 saturated heterocycles. The van der Waals surface area contributed by atoms with Gasteiger partial charge in [0.2, 0.25) is 0 Å². The van der Waals surface area contributed by atoms with Gasteiger partial charge in [-0.05, 0) is 147 Å². The summed E-state index contributed by atoms with van der Waals surface area (Å²) in [5.41, 5.74) is -0.0274. The number of aliphatic hydroxyl groups is 1. The number of hydrogen-bond acceptors (Lipinski definition) is 11. The number of carboxylic acids is 1. The smallest absolute Gasteiger partial charge is 0.481 e. The number of piperidine rings is 1. The van der Waals surface area contributed by atoms with Crippen LogP contribution in [0.5, 0.6) is 0 Å². The zero-order valence-corrected chi connectivity index (χ0v) is 41.8. The summed E-state index contributed by atoms with van der Waals surface area (Å²) >= 11 is 8.43. The number of halogens is 4. The standard InChI is InChI=1S/C49H57ClF3N5O5S3.CH4O/c1-48(2)22-18-43(34-8-12-38(50)13-9-34)37(31-48)32-57-26-28-58(29-27-57)40-14-10-35(11-15-40)46(59)55-65-42-16-17-44(45(30-42)66(62,63)49(51,52)53)54-39(33-64-41-6-4-3-5-7-41)21-25-56-23-19-36(20-24-56)47(60)61;1-2/h3-17,30,36,39,54H,18-29,31-33H2,1-2H3,(H,55,59)(H,60,61);2H,1H3/t39-;/m1./s1. The molecule has 2 aliphatic heterocycles. The number of amides is 1. The molecule has 0 unspecified atom stereocenters. The maximum Gasteiger partial charge on any atom is 0.501 e. The summed E-state index contributed by atoms with van der Waals surface area (Å²) in [5.74, 6) is -1.28. The van der Waals surface area contributed by atoms with E-state index in [1.54, 1.807) is 12.1 Å². The summed E-state index contributed by atoms with van der Waals surface area (Å²) in [5, 5.41) is 20.3. The number of nitrogens with zero attached hydrogens (tertiary/aromatic N) is 3. The minimum Gasteiger partial charge on any atom is -0.481 e. The molecule has 68 heavy (non-hydrogen) atoms. The van der Waals surface area contributed by atoms with E-state index in [1.165, 1.54) is 40.6 Å². The van der Waals surface area contributed by atoms with Crippen molar-refractivity contribution in [3.63, 3.8) is 0 Å². The molecule has 4 aromatic rings. The van der Waals surface area contributed by atoms with E-state index in [-0.39, 0.29) is 16.0 Å². The van der Waals surface area contributed by atoms with Crippen LogP contribution < -0.4 is 14.9 Å². The predicted molar refractivity (Wildman–Crippen MR) is 268 cm³/mol. The number of anilines is 2. The quantitative estimate of drug-likeness (QED) is 0.0591. The van der Waals surface area contributed by atoms with E-state index in [0.29, 0.717) is 50.2 Å². The van der Waals surface area contributed by atoms with Gasteiger partial charge in [-0.25, -0.2) is 8.42 Å². The van der Waals surface area contributed by atoms with E-state index in [2.05, 4.69) is 50.7 Å². The van der Waals surface area contributed by atoms with Gasteiger partial charge in [0.25, 0.3) is 15.7 Å². The topological polar surface area (TPSA) is 143 Å². The Morgan fingerprint density at radius 3 is 2.16 bits per heavy atom. The average molecular weight is 1020 g/mol. The molecule has 0 aromatic heterocycles. The maximum atomic E-state index is 14.2. The average Bonchev–Trinajstić information content (AvgIpc) is 3.33. The molecular weight excluding hydrogens is 955 g/mol. The van der Waals surface area contributed by atoms with E-state index in [1.807, 2.05) is 54.6 Å². The number of aliphatic carboxylic acids is 1. The molecule has 1 atom stereocenters. The number of piperazine rings is 1. The van der Waals surface area contributed by atoms with E-state index < -0.39 is 44.1 Å². The van der Waals surface area contributed by atoms with Crippen LogP contribution in [0.4, 0.5) is 24.5 Å². The fourth-order valence-corrected chi connectivity index (χ4v) is 11.7. The molecule has 18 heteroatoms. The Hall–Kier alpha value is -4.23. The molecule has 0 radical (unpaired) electrons. The summed E-state index contributed by atoms with van der Waals surface area (Å²) in [6.45, 7) is 10.7. The summed E-state index contributed by atoms with van der Waals surface area (Å²) in [7, 11) is -4.80. The fraction of sp³-hybridized carbons (Fsp3) is 0.440. The van der Waals surface area contributed by atoms with Gasteiger partial charge in [0.1, 0.15) is 4.90 Å². The number of aliphatic hydroxyl groups excluding tert-OH is 1. The summed E-state index contributed by atoms with van der Waals surface area (Å²) in [6, 6.07) is 28.1. The lowest BCUT2D eigenvalue weighted by molar-refractivity contribution is -0.143. The maximum absolute atomic E-state index is 14.2. The highest BCUT2D eigenvalue weighted by Gasteiger charge is 2.48. The molecule has 3 aliphatic rings. The number of benzene rings is 4. The Kier molecular flexibility index (Phi) is 18.8. The van der Waals surface area contributed by atoms with Gasteiger partial charge in [0.05, 0.1) is 11.6 Å². The number of alkyl halides is 3. The van der Waals surface area contributed by atoms with Crippen molar-refractivity contribution < 1.29 is 41.4 Å². The van der Waals surface area contributed by atoms with Crippen LogP contribution in [0.15, 0.2) is 117 Å². The predicted octanol–water partition coefficient (Wildman–Crippen LogP) is 10.2. The lowest BCUT2D eigenvalue weighted by atomic mass is 9.73. The van der Waals surface area contributed by atoms with Crippen LogP contribution in [0.3, 0.4) is 0 Å². The van der Waals surface area contributed by atoms with Gasteiger partial charge in [-0.15, -0.1) is 11.8 Å². The molecule has 2 fully saturated rings. The summed E-state index contributed by atoms with van der Waals surface area (Å²) in [6.07, 6.45) is 4.72. The van der Waals surface area contributed by atoms with Crippen LogP contribution in [0.1, 0.15) is 68.3 Å². The number of nitrogens with one attached hydrogen (secondary N) is 2. The van der Waals surface area contributed by atoms with Crippen molar-refractivity contribution in [2.24, 2.45) is 11.3 Å². The van der Waals surface area contributed by atoms with Crippen molar-refractivity contribution in [2.75, 3.05) is 75.4 Å². The Morgan fingerprint density at radius 2 is 1.53 bits per heavy atom. The highest BCUT2D eigenvalue weighted by Crippen LogP contribution is 2.43. The molecule has 1 aliphatic carbocycles. The first-order valence-corrected chi connectivity index (χ1v) is 26.4. The lowest BCUT2D eigenvalue weighted by Crippen LogP contribution is -2.47. The van der Waals surface area contributed by atoms with E-state index in [0.717, 1.165) is 92.7 Å². The van der Waals surface area contributed by atoms with Crippen molar-refractivity contribution >= 4 is 74.0 Å². The molecule has 0 saturated carbocycles. The number of sulfone groups is 1. The third-order valence-corrected chi connectivity index (χ3v) is 16.5. The van der Waals surface area contributed by atoms with Crippen LogP contribution in [-0.2, 0) is 14.6 Å².